The fraction of sp³-hybridized carbons (Fsp3) is 0.500. The Morgan fingerprint density at radius 2 is 2.24 bits per heavy atom. The summed E-state index contributed by atoms with van der Waals surface area (Å²) in [4.78, 5) is 10.2. The standard InChI is InChI=1S/C12H13BrFNO2/c13-10(9-3-4-9)5-1-8-2-6-12(15(16)17)11(14)7-8/h2,6-7,9-10H,1,3-5H2. The first-order valence-corrected chi connectivity index (χ1v) is 6.56. The van der Waals surface area contributed by atoms with Crippen LogP contribution in [0.15, 0.2) is 18.2 Å². The van der Waals surface area contributed by atoms with Crippen LogP contribution in [0.4, 0.5) is 10.1 Å². The van der Waals surface area contributed by atoms with Crippen molar-refractivity contribution in [1.29, 1.82) is 0 Å². The zero-order valence-electron chi connectivity index (χ0n) is 9.23. The number of hydrogen-bond donors (Lipinski definition) is 0. The molecule has 1 aromatic rings. The van der Waals surface area contributed by atoms with Crippen molar-refractivity contribution >= 4 is 21.6 Å². The van der Waals surface area contributed by atoms with Crippen LogP contribution >= 0.6 is 15.9 Å². The number of nitro benzene ring substituents is 1. The Bertz CT molecular complexity index is 435. The SMILES string of the molecule is O=[N+]([O-])c1ccc(CCC(Br)C2CC2)cc1F. The number of alkyl halides is 1. The third-order valence-corrected chi connectivity index (χ3v) is 4.26. The maximum absolute atomic E-state index is 13.3. The quantitative estimate of drug-likeness (QED) is 0.471. The first-order chi connectivity index (χ1) is 8.08. The summed E-state index contributed by atoms with van der Waals surface area (Å²) in [6, 6.07) is 4.14. The van der Waals surface area contributed by atoms with E-state index in [9.17, 15) is 14.5 Å². The van der Waals surface area contributed by atoms with Crippen molar-refractivity contribution in [2.24, 2.45) is 5.92 Å². The highest BCUT2D eigenvalue weighted by Gasteiger charge is 2.28. The van der Waals surface area contributed by atoms with Gasteiger partial charge >= 0.3 is 5.69 Å². The molecule has 0 amide bonds. The summed E-state index contributed by atoms with van der Waals surface area (Å²) in [5.74, 6) is 0.0166. The lowest BCUT2D eigenvalue weighted by molar-refractivity contribution is -0.387. The Labute approximate surface area is 107 Å². The van der Waals surface area contributed by atoms with Crippen LogP contribution in [0.5, 0.6) is 0 Å². The van der Waals surface area contributed by atoms with Crippen LogP contribution < -0.4 is 0 Å². The van der Waals surface area contributed by atoms with Crippen LogP contribution in [0, 0.1) is 21.8 Å². The monoisotopic (exact) mass is 301 g/mol. The molecule has 5 heteroatoms. The van der Waals surface area contributed by atoms with E-state index >= 15 is 0 Å². The van der Waals surface area contributed by atoms with Crippen molar-refractivity contribution in [3.05, 3.63) is 39.7 Å². The molecule has 1 unspecified atom stereocenters. The van der Waals surface area contributed by atoms with E-state index in [0.717, 1.165) is 24.3 Å². The fourth-order valence-corrected chi connectivity index (χ4v) is 2.61. The Balaban J connectivity index is 1.97. The van der Waals surface area contributed by atoms with Crippen LogP contribution in [0.1, 0.15) is 24.8 Å². The van der Waals surface area contributed by atoms with E-state index in [2.05, 4.69) is 15.9 Å². The lowest BCUT2D eigenvalue weighted by Gasteiger charge is -2.07. The molecule has 0 radical (unpaired) electrons. The number of nitro groups is 1. The third kappa shape index (κ3) is 3.25. The number of nitrogens with zero attached hydrogens (tertiary/aromatic N) is 1. The number of benzene rings is 1. The van der Waals surface area contributed by atoms with E-state index in [1.165, 1.54) is 25.0 Å². The molecule has 0 bridgehead atoms. The Morgan fingerprint density at radius 1 is 1.53 bits per heavy atom. The van der Waals surface area contributed by atoms with Crippen molar-refractivity contribution < 1.29 is 9.31 Å². The minimum Gasteiger partial charge on any atom is -0.258 e. The Hall–Kier alpha value is -0.970. The zero-order valence-corrected chi connectivity index (χ0v) is 10.8. The average Bonchev–Trinajstić information content (AvgIpc) is 3.09. The van der Waals surface area contributed by atoms with E-state index in [1.54, 1.807) is 6.07 Å². The first-order valence-electron chi connectivity index (χ1n) is 5.65. The van der Waals surface area contributed by atoms with Crippen molar-refractivity contribution in [3.63, 3.8) is 0 Å². The summed E-state index contributed by atoms with van der Waals surface area (Å²) >= 11 is 3.62. The molecule has 1 fully saturated rings. The molecular formula is C12H13BrFNO2. The molecule has 17 heavy (non-hydrogen) atoms. The predicted octanol–water partition coefficient (Wildman–Crippen LogP) is 3.84. The van der Waals surface area contributed by atoms with Gasteiger partial charge in [-0.25, -0.2) is 0 Å². The minimum atomic E-state index is -0.745. The summed E-state index contributed by atoms with van der Waals surface area (Å²) in [5.41, 5.74) is 0.365. The van der Waals surface area contributed by atoms with Gasteiger partial charge in [-0.1, -0.05) is 22.0 Å². The first kappa shape index (κ1) is 12.5. The molecule has 0 aliphatic heterocycles. The predicted molar refractivity (Wildman–Crippen MR) is 66.8 cm³/mol. The molecule has 0 spiro atoms. The van der Waals surface area contributed by atoms with Gasteiger partial charge in [0.25, 0.3) is 0 Å². The average molecular weight is 302 g/mol. The number of aryl methyl sites for hydroxylation is 1. The van der Waals surface area contributed by atoms with Crippen LogP contribution in [-0.2, 0) is 6.42 Å². The van der Waals surface area contributed by atoms with E-state index < -0.39 is 16.4 Å². The van der Waals surface area contributed by atoms with Crippen LogP contribution in [0.2, 0.25) is 0 Å². The van der Waals surface area contributed by atoms with E-state index in [-0.39, 0.29) is 0 Å². The van der Waals surface area contributed by atoms with Crippen LogP contribution in [0.25, 0.3) is 0 Å². The molecule has 3 nitrogen and oxygen atoms in total. The largest absolute Gasteiger partial charge is 0.304 e. The molecule has 2 rings (SSSR count). The summed E-state index contributed by atoms with van der Waals surface area (Å²) < 4.78 is 13.3. The Morgan fingerprint density at radius 3 is 2.76 bits per heavy atom. The van der Waals surface area contributed by atoms with Gasteiger partial charge in [0.1, 0.15) is 0 Å². The molecule has 92 valence electrons. The van der Waals surface area contributed by atoms with E-state index in [1.807, 2.05) is 0 Å². The lowest BCUT2D eigenvalue weighted by Crippen LogP contribution is -2.03. The van der Waals surface area contributed by atoms with Gasteiger partial charge in [-0.15, -0.1) is 0 Å². The maximum Gasteiger partial charge on any atom is 0.304 e. The number of halogens is 2. The molecule has 0 heterocycles. The van der Waals surface area contributed by atoms with Crippen molar-refractivity contribution in [2.45, 2.75) is 30.5 Å². The highest BCUT2D eigenvalue weighted by molar-refractivity contribution is 9.09. The van der Waals surface area contributed by atoms with Crippen LogP contribution in [-0.4, -0.2) is 9.75 Å². The molecule has 0 saturated heterocycles. The summed E-state index contributed by atoms with van der Waals surface area (Å²) in [7, 11) is 0. The molecule has 0 aromatic heterocycles. The molecule has 1 atom stereocenters. The minimum absolute atomic E-state index is 0.452. The zero-order chi connectivity index (χ0) is 12.4. The topological polar surface area (TPSA) is 43.1 Å². The number of hydrogen-bond acceptors (Lipinski definition) is 2. The van der Waals surface area contributed by atoms with E-state index in [0.29, 0.717) is 4.83 Å². The van der Waals surface area contributed by atoms with Gasteiger partial charge in [-0.05, 0) is 43.2 Å². The fourth-order valence-electron chi connectivity index (χ4n) is 1.85. The van der Waals surface area contributed by atoms with Gasteiger partial charge < -0.3 is 0 Å². The normalized spacial score (nSPS) is 16.8. The van der Waals surface area contributed by atoms with E-state index in [4.69, 9.17) is 0 Å². The van der Waals surface area contributed by atoms with Gasteiger partial charge in [0, 0.05) is 10.9 Å². The molecule has 1 aliphatic carbocycles. The van der Waals surface area contributed by atoms with Crippen molar-refractivity contribution in [3.8, 4) is 0 Å². The molecule has 1 aliphatic rings. The maximum atomic E-state index is 13.3. The smallest absolute Gasteiger partial charge is 0.258 e. The van der Waals surface area contributed by atoms with Gasteiger partial charge in [-0.2, -0.15) is 4.39 Å². The van der Waals surface area contributed by atoms with Crippen molar-refractivity contribution in [2.75, 3.05) is 0 Å². The second-order valence-electron chi connectivity index (χ2n) is 4.43. The summed E-state index contributed by atoms with van der Waals surface area (Å²) in [5, 5.41) is 10.5. The highest BCUT2D eigenvalue weighted by atomic mass is 79.9. The highest BCUT2D eigenvalue weighted by Crippen LogP contribution is 2.38. The van der Waals surface area contributed by atoms with Crippen molar-refractivity contribution in [1.82, 2.24) is 0 Å². The lowest BCUT2D eigenvalue weighted by atomic mass is 10.1. The summed E-state index contributed by atoms with van der Waals surface area (Å²) in [6.07, 6.45) is 4.23. The molecular weight excluding hydrogens is 289 g/mol. The van der Waals surface area contributed by atoms with Gasteiger partial charge in [0.2, 0.25) is 5.82 Å². The van der Waals surface area contributed by atoms with Gasteiger partial charge in [0.15, 0.2) is 0 Å². The second-order valence-corrected chi connectivity index (χ2v) is 5.61. The summed E-state index contributed by atoms with van der Waals surface area (Å²) in [6.45, 7) is 0. The second kappa shape index (κ2) is 5.12. The number of rotatable bonds is 5. The molecule has 1 saturated carbocycles. The Kier molecular flexibility index (Phi) is 3.76. The third-order valence-electron chi connectivity index (χ3n) is 3.05. The molecule has 0 N–H and O–H groups in total. The molecule has 1 aromatic carbocycles. The van der Waals surface area contributed by atoms with Crippen LogP contribution in [0.3, 0.4) is 0 Å². The van der Waals surface area contributed by atoms with Gasteiger partial charge in [0.05, 0.1) is 4.92 Å². The van der Waals surface area contributed by atoms with Gasteiger partial charge in [-0.3, -0.25) is 10.1 Å².